The first-order chi connectivity index (χ1) is 12.9. The van der Waals surface area contributed by atoms with Gasteiger partial charge in [-0.15, -0.1) is 0 Å². The van der Waals surface area contributed by atoms with Gasteiger partial charge in [-0.2, -0.15) is 0 Å². The fourth-order valence-corrected chi connectivity index (χ4v) is 3.63. The maximum atomic E-state index is 12.7. The Labute approximate surface area is 163 Å². The second kappa shape index (κ2) is 7.88. The Morgan fingerprint density at radius 2 is 1.63 bits per heavy atom. The van der Waals surface area contributed by atoms with E-state index in [0.29, 0.717) is 16.4 Å². The van der Waals surface area contributed by atoms with Gasteiger partial charge in [-0.25, -0.2) is 0 Å². The van der Waals surface area contributed by atoms with Gasteiger partial charge < -0.3 is 9.47 Å². The number of nitrogens with zero attached hydrogens (tertiary/aromatic N) is 1. The molecule has 2 aromatic carbocycles. The maximum Gasteiger partial charge on any atom is 0.293 e. The monoisotopic (exact) mass is 383 g/mol. The Balaban J connectivity index is 1.87. The number of carbonyl (C=O) groups excluding carboxylic acids is 2. The molecule has 140 valence electrons. The van der Waals surface area contributed by atoms with Crippen LogP contribution in [-0.4, -0.2) is 30.3 Å². The zero-order valence-corrected chi connectivity index (χ0v) is 16.6. The molecule has 1 aliphatic heterocycles. The highest BCUT2D eigenvalue weighted by molar-refractivity contribution is 8.18. The average Bonchev–Trinajstić information content (AvgIpc) is 2.92. The van der Waals surface area contributed by atoms with Gasteiger partial charge in [0.1, 0.15) is 0 Å². The van der Waals surface area contributed by atoms with Crippen molar-refractivity contribution < 1.29 is 19.1 Å². The van der Waals surface area contributed by atoms with E-state index in [9.17, 15) is 9.59 Å². The van der Waals surface area contributed by atoms with Crippen molar-refractivity contribution in [3.63, 3.8) is 0 Å². The molecule has 0 bridgehead atoms. The van der Waals surface area contributed by atoms with E-state index in [2.05, 4.69) is 0 Å². The van der Waals surface area contributed by atoms with Crippen molar-refractivity contribution in [2.24, 2.45) is 0 Å². The molecule has 0 aliphatic carbocycles. The van der Waals surface area contributed by atoms with Crippen molar-refractivity contribution in [1.29, 1.82) is 0 Å². The van der Waals surface area contributed by atoms with Crippen molar-refractivity contribution in [2.75, 3.05) is 14.2 Å². The van der Waals surface area contributed by atoms with Crippen LogP contribution in [0, 0.1) is 13.8 Å². The fourth-order valence-electron chi connectivity index (χ4n) is 2.81. The summed E-state index contributed by atoms with van der Waals surface area (Å²) in [6.45, 7) is 4.19. The Morgan fingerprint density at radius 1 is 1.00 bits per heavy atom. The lowest BCUT2D eigenvalue weighted by molar-refractivity contribution is -0.123. The van der Waals surface area contributed by atoms with Gasteiger partial charge in [-0.05, 0) is 60.5 Å². The third kappa shape index (κ3) is 4.01. The van der Waals surface area contributed by atoms with Crippen LogP contribution in [0.4, 0.5) is 4.79 Å². The van der Waals surface area contributed by atoms with Crippen LogP contribution in [0.25, 0.3) is 6.08 Å². The Bertz CT molecular complexity index is 919. The highest BCUT2D eigenvalue weighted by Gasteiger charge is 2.35. The number of thioether (sulfide) groups is 1. The zero-order chi connectivity index (χ0) is 19.6. The molecule has 0 radical (unpaired) electrons. The summed E-state index contributed by atoms with van der Waals surface area (Å²) in [5.41, 5.74) is 3.80. The molecular formula is C21H21NO4S. The van der Waals surface area contributed by atoms with E-state index in [4.69, 9.17) is 9.47 Å². The third-order valence-corrected chi connectivity index (χ3v) is 5.30. The Kier molecular flexibility index (Phi) is 5.56. The third-order valence-electron chi connectivity index (χ3n) is 4.39. The summed E-state index contributed by atoms with van der Waals surface area (Å²) in [6.07, 6.45) is 1.73. The number of aryl methyl sites for hydroxylation is 2. The highest BCUT2D eigenvalue weighted by atomic mass is 32.2. The molecule has 2 aromatic rings. The molecule has 0 N–H and O–H groups in total. The maximum absolute atomic E-state index is 12.7. The van der Waals surface area contributed by atoms with Gasteiger partial charge in [0.2, 0.25) is 0 Å². The fraction of sp³-hybridized carbons (Fsp3) is 0.238. The lowest BCUT2D eigenvalue weighted by Crippen LogP contribution is -2.27. The quantitative estimate of drug-likeness (QED) is 0.709. The summed E-state index contributed by atoms with van der Waals surface area (Å²) < 4.78 is 10.6. The first kappa shape index (κ1) is 19.0. The minimum absolute atomic E-state index is 0.259. The van der Waals surface area contributed by atoms with E-state index in [-0.39, 0.29) is 17.7 Å². The van der Waals surface area contributed by atoms with Gasteiger partial charge in [0.25, 0.3) is 11.1 Å². The number of benzene rings is 2. The predicted octanol–water partition coefficient (Wildman–Crippen LogP) is 4.56. The first-order valence-corrected chi connectivity index (χ1v) is 9.28. The molecule has 2 amide bonds. The molecular weight excluding hydrogens is 362 g/mol. The number of hydrogen-bond donors (Lipinski definition) is 0. The molecule has 5 nitrogen and oxygen atoms in total. The molecule has 6 heteroatoms. The van der Waals surface area contributed by atoms with E-state index in [1.807, 2.05) is 50.2 Å². The van der Waals surface area contributed by atoms with Crippen LogP contribution >= 0.6 is 11.8 Å². The summed E-state index contributed by atoms with van der Waals surface area (Å²) in [4.78, 5) is 26.8. The smallest absolute Gasteiger partial charge is 0.293 e. The highest BCUT2D eigenvalue weighted by Crippen LogP contribution is 2.36. The average molecular weight is 383 g/mol. The van der Waals surface area contributed by atoms with E-state index >= 15 is 0 Å². The van der Waals surface area contributed by atoms with Gasteiger partial charge in [-0.3, -0.25) is 14.5 Å². The van der Waals surface area contributed by atoms with Crippen molar-refractivity contribution in [1.82, 2.24) is 4.90 Å². The number of amides is 2. The van der Waals surface area contributed by atoms with E-state index in [0.717, 1.165) is 34.0 Å². The predicted molar refractivity (Wildman–Crippen MR) is 107 cm³/mol. The number of hydrogen-bond acceptors (Lipinski definition) is 5. The van der Waals surface area contributed by atoms with Gasteiger partial charge in [-0.1, -0.05) is 29.8 Å². The van der Waals surface area contributed by atoms with Gasteiger partial charge in [0.05, 0.1) is 25.7 Å². The molecule has 27 heavy (non-hydrogen) atoms. The second-order valence-corrected chi connectivity index (χ2v) is 7.31. The van der Waals surface area contributed by atoms with Crippen LogP contribution in [0.2, 0.25) is 0 Å². The molecule has 0 spiro atoms. The van der Waals surface area contributed by atoms with Crippen LogP contribution in [0.3, 0.4) is 0 Å². The largest absolute Gasteiger partial charge is 0.493 e. The molecule has 0 atom stereocenters. The second-order valence-electron chi connectivity index (χ2n) is 6.32. The van der Waals surface area contributed by atoms with Crippen molar-refractivity contribution in [3.05, 3.63) is 63.6 Å². The zero-order valence-electron chi connectivity index (χ0n) is 15.7. The van der Waals surface area contributed by atoms with Gasteiger partial charge >= 0.3 is 0 Å². The molecule has 1 fully saturated rings. The van der Waals surface area contributed by atoms with E-state index < -0.39 is 0 Å². The van der Waals surface area contributed by atoms with Crippen LogP contribution in [0.15, 0.2) is 41.3 Å². The number of methoxy groups -OCH3 is 2. The summed E-state index contributed by atoms with van der Waals surface area (Å²) in [7, 11) is 3.14. The molecule has 0 unspecified atom stereocenters. The minimum Gasteiger partial charge on any atom is -0.493 e. The molecule has 1 saturated heterocycles. The number of rotatable bonds is 5. The standard InChI is InChI=1S/C21H21NO4S/c1-13-5-7-15(8-6-13)12-22-20(23)19(27-21(22)24)11-16-10-18(26-4)17(25-3)9-14(16)2/h5-11H,12H2,1-4H3/b19-11-. The molecule has 1 aliphatic rings. The van der Waals surface area contributed by atoms with Crippen molar-refractivity contribution >= 4 is 29.0 Å². The molecule has 0 aromatic heterocycles. The summed E-state index contributed by atoms with van der Waals surface area (Å²) in [6, 6.07) is 11.5. The summed E-state index contributed by atoms with van der Waals surface area (Å²) in [5.74, 6) is 0.924. The van der Waals surface area contributed by atoms with E-state index in [1.54, 1.807) is 20.3 Å². The number of ether oxygens (including phenoxy) is 2. The summed E-state index contributed by atoms with van der Waals surface area (Å²) >= 11 is 0.958. The molecule has 1 heterocycles. The number of carbonyl (C=O) groups is 2. The van der Waals surface area contributed by atoms with Crippen molar-refractivity contribution in [2.45, 2.75) is 20.4 Å². The Hall–Kier alpha value is -2.73. The minimum atomic E-state index is -0.278. The lowest BCUT2D eigenvalue weighted by atomic mass is 10.1. The van der Waals surface area contributed by atoms with Crippen LogP contribution in [0.5, 0.6) is 11.5 Å². The lowest BCUT2D eigenvalue weighted by Gasteiger charge is -2.13. The Morgan fingerprint density at radius 3 is 2.26 bits per heavy atom. The first-order valence-electron chi connectivity index (χ1n) is 8.46. The number of imide groups is 1. The normalized spacial score (nSPS) is 15.6. The van der Waals surface area contributed by atoms with Crippen LogP contribution in [0.1, 0.15) is 22.3 Å². The van der Waals surface area contributed by atoms with Gasteiger partial charge in [0.15, 0.2) is 11.5 Å². The molecule has 3 rings (SSSR count). The van der Waals surface area contributed by atoms with Crippen molar-refractivity contribution in [3.8, 4) is 11.5 Å². The van der Waals surface area contributed by atoms with Crippen LogP contribution < -0.4 is 9.47 Å². The van der Waals surface area contributed by atoms with E-state index in [1.165, 1.54) is 4.90 Å². The van der Waals surface area contributed by atoms with Gasteiger partial charge in [0, 0.05) is 0 Å². The molecule has 0 saturated carbocycles. The van der Waals surface area contributed by atoms with Crippen LogP contribution in [-0.2, 0) is 11.3 Å². The SMILES string of the molecule is COc1cc(C)c(/C=C2\SC(=O)N(Cc3ccc(C)cc3)C2=O)cc1OC. The topological polar surface area (TPSA) is 55.8 Å². The summed E-state index contributed by atoms with van der Waals surface area (Å²) in [5, 5.41) is -0.259.